The predicted molar refractivity (Wildman–Crippen MR) is 79.7 cm³/mol. The highest BCUT2D eigenvalue weighted by molar-refractivity contribution is 5.94. The summed E-state index contributed by atoms with van der Waals surface area (Å²) in [4.78, 5) is 12.4. The van der Waals surface area contributed by atoms with Crippen molar-refractivity contribution in [2.24, 2.45) is 5.92 Å². The van der Waals surface area contributed by atoms with Crippen LogP contribution in [0.25, 0.3) is 0 Å². The van der Waals surface area contributed by atoms with Crippen molar-refractivity contribution in [1.29, 1.82) is 0 Å². The molecule has 2 heterocycles. The number of benzene rings is 1. The predicted octanol–water partition coefficient (Wildman–Crippen LogP) is 2.63. The average Bonchev–Trinajstić information content (AvgIpc) is 3.10. The number of hydrogen-bond acceptors (Lipinski definition) is 3. The lowest BCUT2D eigenvalue weighted by Crippen LogP contribution is -2.34. The second-order valence-corrected chi connectivity index (χ2v) is 6.05. The molecule has 2 aromatic rings. The largest absolute Gasteiger partial charge is 0.342 e. The van der Waals surface area contributed by atoms with Crippen LogP contribution in [-0.4, -0.2) is 20.7 Å². The molecule has 0 aliphatic carbocycles. The van der Waals surface area contributed by atoms with E-state index < -0.39 is 23.6 Å². The van der Waals surface area contributed by atoms with E-state index in [2.05, 4.69) is 15.5 Å². The summed E-state index contributed by atoms with van der Waals surface area (Å²) in [6, 6.07) is 2.42. The molecule has 1 aromatic carbocycles. The second-order valence-electron chi connectivity index (χ2n) is 6.05. The van der Waals surface area contributed by atoms with E-state index in [9.17, 15) is 13.6 Å². The Morgan fingerprint density at radius 2 is 2.09 bits per heavy atom. The lowest BCUT2D eigenvalue weighted by atomic mass is 10.0. The first-order chi connectivity index (χ1) is 11.0. The second kappa shape index (κ2) is 6.06. The molecule has 7 heteroatoms. The van der Waals surface area contributed by atoms with Gasteiger partial charge in [-0.3, -0.25) is 4.79 Å². The highest BCUT2D eigenvalue weighted by Gasteiger charge is 2.28. The van der Waals surface area contributed by atoms with Crippen LogP contribution < -0.4 is 5.32 Å². The fraction of sp³-hybridized carbons (Fsp3) is 0.438. The molecule has 1 aliphatic rings. The molecule has 0 bridgehead atoms. The fourth-order valence-corrected chi connectivity index (χ4v) is 2.82. The van der Waals surface area contributed by atoms with Crippen molar-refractivity contribution >= 4 is 5.91 Å². The van der Waals surface area contributed by atoms with E-state index in [0.717, 1.165) is 43.4 Å². The minimum absolute atomic E-state index is 0.0319. The van der Waals surface area contributed by atoms with Crippen LogP contribution in [-0.2, 0) is 13.0 Å². The number of amides is 1. The van der Waals surface area contributed by atoms with Crippen LogP contribution in [0.5, 0.6) is 0 Å². The number of nitrogens with one attached hydrogen (secondary N) is 1. The Morgan fingerprint density at radius 3 is 2.83 bits per heavy atom. The molecule has 0 saturated heterocycles. The number of hydrogen-bond donors (Lipinski definition) is 1. The van der Waals surface area contributed by atoms with E-state index in [1.165, 1.54) is 0 Å². The summed E-state index contributed by atoms with van der Waals surface area (Å²) in [5.41, 5.74) is -0.309. The van der Waals surface area contributed by atoms with E-state index in [4.69, 9.17) is 0 Å². The summed E-state index contributed by atoms with van der Waals surface area (Å²) < 4.78 is 29.0. The van der Waals surface area contributed by atoms with Gasteiger partial charge in [-0.1, -0.05) is 13.8 Å². The minimum Gasteiger partial charge on any atom is -0.342 e. The number of nitrogens with zero attached hydrogens (tertiary/aromatic N) is 3. The summed E-state index contributed by atoms with van der Waals surface area (Å²) in [7, 11) is 0. The first-order valence-corrected chi connectivity index (χ1v) is 7.65. The number of fused-ring (bicyclic) bond motifs is 1. The molecule has 1 aliphatic heterocycles. The summed E-state index contributed by atoms with van der Waals surface area (Å²) in [5, 5.41) is 11.1. The fourth-order valence-electron chi connectivity index (χ4n) is 2.82. The molecular weight excluding hydrogens is 302 g/mol. The Balaban J connectivity index is 1.88. The summed E-state index contributed by atoms with van der Waals surface area (Å²) in [5.74, 6) is -0.464. The Bertz CT molecular complexity index is 742. The van der Waals surface area contributed by atoms with Crippen molar-refractivity contribution < 1.29 is 13.6 Å². The SMILES string of the molecule is CC(C)[C@@H](NC(=O)c1cc(F)ccc1F)c1nnc2n1CCC2. The Labute approximate surface area is 132 Å². The first-order valence-electron chi connectivity index (χ1n) is 7.65. The van der Waals surface area contributed by atoms with Crippen LogP contribution >= 0.6 is 0 Å². The van der Waals surface area contributed by atoms with Crippen molar-refractivity contribution in [3.8, 4) is 0 Å². The Kier molecular flexibility index (Phi) is 4.11. The van der Waals surface area contributed by atoms with E-state index in [1.54, 1.807) is 0 Å². The van der Waals surface area contributed by atoms with Crippen LogP contribution in [0.1, 0.15) is 48.3 Å². The van der Waals surface area contributed by atoms with Gasteiger partial charge in [-0.15, -0.1) is 10.2 Å². The van der Waals surface area contributed by atoms with E-state index in [1.807, 2.05) is 18.4 Å². The number of halogens is 2. The highest BCUT2D eigenvalue weighted by Crippen LogP contribution is 2.25. The summed E-state index contributed by atoms with van der Waals surface area (Å²) in [6.45, 7) is 4.68. The molecule has 0 unspecified atom stereocenters. The lowest BCUT2D eigenvalue weighted by Gasteiger charge is -2.22. The van der Waals surface area contributed by atoms with Gasteiger partial charge in [-0.25, -0.2) is 8.78 Å². The van der Waals surface area contributed by atoms with Crippen molar-refractivity contribution in [3.05, 3.63) is 47.0 Å². The Morgan fingerprint density at radius 1 is 1.30 bits per heavy atom. The zero-order valence-electron chi connectivity index (χ0n) is 13.0. The third-order valence-electron chi connectivity index (χ3n) is 4.04. The quantitative estimate of drug-likeness (QED) is 0.942. The van der Waals surface area contributed by atoms with Gasteiger partial charge in [0.1, 0.15) is 17.5 Å². The molecule has 0 saturated carbocycles. The van der Waals surface area contributed by atoms with Crippen LogP contribution in [0, 0.1) is 17.6 Å². The number of rotatable bonds is 4. The van der Waals surface area contributed by atoms with Gasteiger partial charge in [-0.2, -0.15) is 0 Å². The third kappa shape index (κ3) is 2.95. The topological polar surface area (TPSA) is 59.8 Å². The maximum absolute atomic E-state index is 13.8. The molecule has 1 atom stereocenters. The van der Waals surface area contributed by atoms with Crippen molar-refractivity contribution in [2.75, 3.05) is 0 Å². The van der Waals surface area contributed by atoms with Gasteiger partial charge in [0.05, 0.1) is 11.6 Å². The van der Waals surface area contributed by atoms with Gasteiger partial charge in [0.2, 0.25) is 0 Å². The maximum Gasteiger partial charge on any atom is 0.254 e. The van der Waals surface area contributed by atoms with E-state index in [-0.39, 0.29) is 11.5 Å². The third-order valence-corrected chi connectivity index (χ3v) is 4.04. The zero-order chi connectivity index (χ0) is 16.6. The number of carbonyl (C=O) groups is 1. The smallest absolute Gasteiger partial charge is 0.254 e. The van der Waals surface area contributed by atoms with Crippen LogP contribution in [0.3, 0.4) is 0 Å². The summed E-state index contributed by atoms with van der Waals surface area (Å²) >= 11 is 0. The van der Waals surface area contributed by atoms with Crippen LogP contribution in [0.4, 0.5) is 8.78 Å². The molecule has 122 valence electrons. The van der Waals surface area contributed by atoms with E-state index >= 15 is 0 Å². The maximum atomic E-state index is 13.8. The minimum atomic E-state index is -0.752. The standard InChI is InChI=1S/C16H18F2N4O/c1-9(2)14(15-21-20-13-4-3-7-22(13)15)19-16(23)11-8-10(17)5-6-12(11)18/h5-6,8-9,14H,3-4,7H2,1-2H3,(H,19,23)/t14-/m1/s1. The normalized spacial score (nSPS) is 14.8. The molecule has 1 N–H and O–H groups in total. The number of carbonyl (C=O) groups excluding carboxylic acids is 1. The molecule has 23 heavy (non-hydrogen) atoms. The molecule has 5 nitrogen and oxygen atoms in total. The van der Waals surface area contributed by atoms with Crippen molar-refractivity contribution in [2.45, 2.75) is 39.3 Å². The van der Waals surface area contributed by atoms with Gasteiger partial charge < -0.3 is 9.88 Å². The van der Waals surface area contributed by atoms with Gasteiger partial charge in [0.15, 0.2) is 5.82 Å². The summed E-state index contributed by atoms with van der Waals surface area (Å²) in [6.07, 6.45) is 1.86. The van der Waals surface area contributed by atoms with Crippen molar-refractivity contribution in [1.82, 2.24) is 20.1 Å². The number of aryl methyl sites for hydroxylation is 1. The van der Waals surface area contributed by atoms with Gasteiger partial charge in [0, 0.05) is 13.0 Å². The van der Waals surface area contributed by atoms with Gasteiger partial charge >= 0.3 is 0 Å². The van der Waals surface area contributed by atoms with Gasteiger partial charge in [-0.05, 0) is 30.5 Å². The molecule has 1 aromatic heterocycles. The first kappa shape index (κ1) is 15.6. The molecule has 0 fully saturated rings. The highest BCUT2D eigenvalue weighted by atomic mass is 19.1. The number of aromatic nitrogens is 3. The Hall–Kier alpha value is -2.31. The van der Waals surface area contributed by atoms with Crippen molar-refractivity contribution in [3.63, 3.8) is 0 Å². The van der Waals surface area contributed by atoms with Crippen LogP contribution in [0.2, 0.25) is 0 Å². The molecular formula is C16H18F2N4O. The van der Waals surface area contributed by atoms with Crippen LogP contribution in [0.15, 0.2) is 18.2 Å². The molecule has 0 spiro atoms. The molecule has 3 rings (SSSR count). The average molecular weight is 320 g/mol. The van der Waals surface area contributed by atoms with Gasteiger partial charge in [0.25, 0.3) is 5.91 Å². The zero-order valence-corrected chi connectivity index (χ0v) is 13.0. The monoisotopic (exact) mass is 320 g/mol. The molecule has 1 amide bonds. The molecule has 0 radical (unpaired) electrons. The van der Waals surface area contributed by atoms with E-state index in [0.29, 0.717) is 5.82 Å². The lowest BCUT2D eigenvalue weighted by molar-refractivity contribution is 0.0917.